The summed E-state index contributed by atoms with van der Waals surface area (Å²) in [6.45, 7) is 4.88. The summed E-state index contributed by atoms with van der Waals surface area (Å²) in [7, 11) is -3.79. The van der Waals surface area contributed by atoms with Gasteiger partial charge in [-0.3, -0.25) is 10.1 Å². The Balaban J connectivity index is 1.94. The highest BCUT2D eigenvalue weighted by molar-refractivity contribution is 7.99. The molecule has 0 unspecified atom stereocenters. The van der Waals surface area contributed by atoms with Crippen molar-refractivity contribution in [1.82, 2.24) is 14.3 Å². The monoisotopic (exact) mass is 408 g/mol. The first-order chi connectivity index (χ1) is 12.8. The maximum Gasteiger partial charge on any atom is 0.284 e. The molecule has 1 aromatic heterocycles. The molecule has 0 N–H and O–H groups in total. The molecule has 0 amide bonds. The summed E-state index contributed by atoms with van der Waals surface area (Å²) in [6, 6.07) is 5.64. The van der Waals surface area contributed by atoms with E-state index >= 15 is 0 Å². The number of sulfonamides is 1. The van der Waals surface area contributed by atoms with E-state index in [1.54, 1.807) is 18.5 Å². The van der Waals surface area contributed by atoms with Crippen LogP contribution in [0.5, 0.6) is 0 Å². The van der Waals surface area contributed by atoms with E-state index in [4.69, 9.17) is 0 Å². The molecule has 0 spiro atoms. The molecule has 2 heterocycles. The lowest BCUT2D eigenvalue weighted by Gasteiger charge is -2.34. The second-order valence-electron chi connectivity index (χ2n) is 6.79. The van der Waals surface area contributed by atoms with Crippen molar-refractivity contribution in [3.05, 3.63) is 46.8 Å². The van der Waals surface area contributed by atoms with E-state index in [9.17, 15) is 18.5 Å². The zero-order valence-corrected chi connectivity index (χ0v) is 16.6. The molecule has 8 nitrogen and oxygen atoms in total. The lowest BCUT2D eigenvalue weighted by Crippen LogP contribution is -2.42. The maximum absolute atomic E-state index is 13.0. The largest absolute Gasteiger partial charge is 0.284 e. The molecule has 0 radical (unpaired) electrons. The van der Waals surface area contributed by atoms with Crippen LogP contribution in [0.25, 0.3) is 0 Å². The van der Waals surface area contributed by atoms with Gasteiger partial charge in [0.1, 0.15) is 0 Å². The van der Waals surface area contributed by atoms with Crippen molar-refractivity contribution in [2.24, 2.45) is 11.8 Å². The molecule has 2 aromatic rings. The van der Waals surface area contributed by atoms with Crippen LogP contribution >= 0.6 is 11.8 Å². The zero-order valence-electron chi connectivity index (χ0n) is 15.0. The molecule has 27 heavy (non-hydrogen) atoms. The Labute approximate surface area is 162 Å². The first kappa shape index (κ1) is 19.7. The van der Waals surface area contributed by atoms with E-state index in [1.807, 2.05) is 13.8 Å². The van der Waals surface area contributed by atoms with Gasteiger partial charge in [-0.15, -0.1) is 0 Å². The predicted octanol–water partition coefficient (Wildman–Crippen LogP) is 3.20. The third kappa shape index (κ3) is 4.45. The van der Waals surface area contributed by atoms with E-state index in [2.05, 4.69) is 9.97 Å². The normalized spacial score (nSPS) is 21.1. The van der Waals surface area contributed by atoms with Crippen LogP contribution in [0, 0.1) is 22.0 Å². The summed E-state index contributed by atoms with van der Waals surface area (Å²) in [5.74, 6) is 0.507. The van der Waals surface area contributed by atoms with Crippen LogP contribution in [0.15, 0.2) is 51.6 Å². The molecular formula is C17H20N4O4S2. The highest BCUT2D eigenvalue weighted by atomic mass is 32.2. The molecule has 144 valence electrons. The Morgan fingerprint density at radius 2 is 1.81 bits per heavy atom. The van der Waals surface area contributed by atoms with Crippen LogP contribution in [0.4, 0.5) is 5.69 Å². The number of hydrogen-bond acceptors (Lipinski definition) is 7. The molecule has 1 aliphatic heterocycles. The van der Waals surface area contributed by atoms with Crippen LogP contribution in [0.1, 0.15) is 20.3 Å². The van der Waals surface area contributed by atoms with E-state index in [0.717, 1.165) is 24.2 Å². The predicted molar refractivity (Wildman–Crippen MR) is 101 cm³/mol. The van der Waals surface area contributed by atoms with Gasteiger partial charge in [0.25, 0.3) is 5.69 Å². The van der Waals surface area contributed by atoms with Gasteiger partial charge < -0.3 is 0 Å². The minimum absolute atomic E-state index is 0.0613. The smallest absolute Gasteiger partial charge is 0.258 e. The lowest BCUT2D eigenvalue weighted by molar-refractivity contribution is -0.388. The van der Waals surface area contributed by atoms with Crippen molar-refractivity contribution in [3.8, 4) is 0 Å². The van der Waals surface area contributed by atoms with Crippen molar-refractivity contribution in [2.45, 2.75) is 35.2 Å². The van der Waals surface area contributed by atoms with Gasteiger partial charge in [-0.1, -0.05) is 13.8 Å². The lowest BCUT2D eigenvalue weighted by atomic mass is 9.94. The van der Waals surface area contributed by atoms with Crippen molar-refractivity contribution >= 4 is 27.5 Å². The number of nitrogens with zero attached hydrogens (tertiary/aromatic N) is 4. The molecule has 0 aliphatic carbocycles. The van der Waals surface area contributed by atoms with Crippen LogP contribution < -0.4 is 0 Å². The fourth-order valence-corrected chi connectivity index (χ4v) is 5.77. The average molecular weight is 409 g/mol. The molecule has 1 saturated heterocycles. The molecular weight excluding hydrogens is 388 g/mol. The van der Waals surface area contributed by atoms with Gasteiger partial charge >= 0.3 is 0 Å². The van der Waals surface area contributed by atoms with Gasteiger partial charge in [-0.2, -0.15) is 4.31 Å². The third-order valence-corrected chi connectivity index (χ3v) is 7.13. The highest BCUT2D eigenvalue weighted by Gasteiger charge is 2.33. The third-order valence-electron chi connectivity index (χ3n) is 4.34. The van der Waals surface area contributed by atoms with E-state index in [0.29, 0.717) is 23.1 Å². The minimum Gasteiger partial charge on any atom is -0.258 e. The summed E-state index contributed by atoms with van der Waals surface area (Å²) >= 11 is 1.03. The second kappa shape index (κ2) is 7.91. The van der Waals surface area contributed by atoms with Gasteiger partial charge in [-0.25, -0.2) is 18.4 Å². The molecule has 0 saturated carbocycles. The number of benzene rings is 1. The summed E-state index contributed by atoms with van der Waals surface area (Å²) in [5.41, 5.74) is -0.272. The fourth-order valence-electron chi connectivity index (χ4n) is 3.27. The number of hydrogen-bond donors (Lipinski definition) is 0. The SMILES string of the molecule is C[C@@H]1C[C@H](C)CN(S(=O)(=O)c2ccc(Sc3ncccn3)c([N+](=O)[O-])c2)C1. The van der Waals surface area contributed by atoms with Gasteiger partial charge in [0, 0.05) is 31.5 Å². The standard InChI is InChI=1S/C17H20N4O4S2/c1-12-8-13(2)11-20(10-12)27(24,25)14-4-5-16(15(9-14)21(22)23)26-17-18-6-3-7-19-17/h3-7,9,12-13H,8,10-11H2,1-2H3/t12-,13+. The molecule has 10 heteroatoms. The Hall–Kier alpha value is -2.04. The molecule has 0 bridgehead atoms. The average Bonchev–Trinajstić information content (AvgIpc) is 2.61. The molecule has 1 aliphatic rings. The van der Waals surface area contributed by atoms with Crippen molar-refractivity contribution in [1.29, 1.82) is 0 Å². The summed E-state index contributed by atoms with van der Waals surface area (Å²) in [6.07, 6.45) is 4.05. The summed E-state index contributed by atoms with van der Waals surface area (Å²) in [4.78, 5) is 19.2. The Kier molecular flexibility index (Phi) is 5.78. The number of piperidine rings is 1. The number of nitro benzene ring substituents is 1. The van der Waals surface area contributed by atoms with Crippen LogP contribution in [-0.2, 0) is 10.0 Å². The first-order valence-electron chi connectivity index (χ1n) is 8.51. The van der Waals surface area contributed by atoms with Crippen molar-refractivity contribution < 1.29 is 13.3 Å². The number of rotatable bonds is 5. The van der Waals surface area contributed by atoms with Gasteiger partial charge in [0.2, 0.25) is 10.0 Å². The van der Waals surface area contributed by atoms with Gasteiger partial charge in [0.05, 0.1) is 14.7 Å². The molecule has 1 fully saturated rings. The Morgan fingerprint density at radius 3 is 2.41 bits per heavy atom. The van der Waals surface area contributed by atoms with Crippen LogP contribution in [-0.4, -0.2) is 40.7 Å². The van der Waals surface area contributed by atoms with E-state index in [1.165, 1.54) is 16.4 Å². The highest BCUT2D eigenvalue weighted by Crippen LogP contribution is 2.36. The van der Waals surface area contributed by atoms with Gasteiger partial charge in [-0.05, 0) is 48.2 Å². The Morgan fingerprint density at radius 1 is 1.19 bits per heavy atom. The van der Waals surface area contributed by atoms with Crippen LogP contribution in [0.2, 0.25) is 0 Å². The quantitative estimate of drug-likeness (QED) is 0.425. The number of nitro groups is 1. The summed E-state index contributed by atoms with van der Waals surface area (Å²) in [5, 5.41) is 11.9. The number of aromatic nitrogens is 2. The van der Waals surface area contributed by atoms with Crippen molar-refractivity contribution in [3.63, 3.8) is 0 Å². The summed E-state index contributed by atoms with van der Waals surface area (Å²) < 4.78 is 27.4. The van der Waals surface area contributed by atoms with Gasteiger partial charge in [0.15, 0.2) is 5.16 Å². The first-order valence-corrected chi connectivity index (χ1v) is 10.8. The molecule has 2 atom stereocenters. The van der Waals surface area contributed by atoms with Crippen molar-refractivity contribution in [2.75, 3.05) is 13.1 Å². The van der Waals surface area contributed by atoms with E-state index < -0.39 is 14.9 Å². The van der Waals surface area contributed by atoms with Crippen LogP contribution in [0.3, 0.4) is 0 Å². The molecule has 1 aromatic carbocycles. The fraction of sp³-hybridized carbons (Fsp3) is 0.412. The zero-order chi connectivity index (χ0) is 19.6. The minimum atomic E-state index is -3.79. The van der Waals surface area contributed by atoms with E-state index in [-0.39, 0.29) is 22.4 Å². The Bertz CT molecular complexity index is 927. The molecule has 3 rings (SSSR count). The maximum atomic E-state index is 13.0. The second-order valence-corrected chi connectivity index (χ2v) is 9.74. The topological polar surface area (TPSA) is 106 Å².